The van der Waals surface area contributed by atoms with E-state index < -0.39 is 9.84 Å². The Morgan fingerprint density at radius 1 is 1.26 bits per heavy atom. The third kappa shape index (κ3) is 3.39. The van der Waals surface area contributed by atoms with Crippen molar-refractivity contribution in [3.05, 3.63) is 29.3 Å². The van der Waals surface area contributed by atoms with Crippen LogP contribution in [0, 0.1) is 5.92 Å². The Hall–Kier alpha value is -1.11. The molecule has 2 atom stereocenters. The normalized spacial score (nSPS) is 27.5. The molecule has 2 fully saturated rings. The van der Waals surface area contributed by atoms with Crippen molar-refractivity contribution >= 4 is 33.0 Å². The molecule has 126 valence electrons. The van der Waals surface area contributed by atoms with Crippen LogP contribution in [0.2, 0.25) is 5.02 Å². The Morgan fingerprint density at radius 2 is 1.96 bits per heavy atom. The number of piperazine rings is 1. The van der Waals surface area contributed by atoms with Crippen molar-refractivity contribution in [3.8, 4) is 0 Å². The van der Waals surface area contributed by atoms with Gasteiger partial charge >= 0.3 is 0 Å². The van der Waals surface area contributed by atoms with E-state index >= 15 is 0 Å². The predicted molar refractivity (Wildman–Crippen MR) is 91.6 cm³/mol. The van der Waals surface area contributed by atoms with Crippen LogP contribution in [-0.2, 0) is 14.6 Å². The fraction of sp³-hybridized carbons (Fsp3) is 0.562. The lowest BCUT2D eigenvalue weighted by molar-refractivity contribution is -0.123. The molecule has 1 amide bonds. The van der Waals surface area contributed by atoms with E-state index in [1.54, 1.807) is 23.1 Å². The van der Waals surface area contributed by atoms with Gasteiger partial charge in [0.05, 0.1) is 24.1 Å². The van der Waals surface area contributed by atoms with Gasteiger partial charge in [0, 0.05) is 23.3 Å². The summed E-state index contributed by atoms with van der Waals surface area (Å²) in [5.41, 5.74) is 0.679. The first-order valence-corrected chi connectivity index (χ1v) is 9.99. The molecule has 3 rings (SSSR count). The first-order valence-electron chi connectivity index (χ1n) is 7.79. The topological polar surface area (TPSA) is 57.7 Å². The van der Waals surface area contributed by atoms with Crippen LogP contribution in [0.4, 0.5) is 5.69 Å². The molecule has 0 spiro atoms. The molecule has 1 aromatic carbocycles. The van der Waals surface area contributed by atoms with E-state index in [9.17, 15) is 13.2 Å². The number of carbonyl (C=O) groups is 1. The van der Waals surface area contributed by atoms with Gasteiger partial charge in [-0.3, -0.25) is 9.69 Å². The highest BCUT2D eigenvalue weighted by molar-refractivity contribution is 7.91. The molecule has 5 nitrogen and oxygen atoms in total. The Morgan fingerprint density at radius 3 is 2.61 bits per heavy atom. The van der Waals surface area contributed by atoms with Crippen molar-refractivity contribution in [2.45, 2.75) is 25.9 Å². The van der Waals surface area contributed by atoms with E-state index in [1.807, 2.05) is 11.0 Å². The summed E-state index contributed by atoms with van der Waals surface area (Å²) in [6.45, 7) is 5.13. The summed E-state index contributed by atoms with van der Waals surface area (Å²) in [5, 5.41) is 0.539. The van der Waals surface area contributed by atoms with Crippen LogP contribution in [-0.4, -0.2) is 55.9 Å². The lowest BCUT2D eigenvalue weighted by Gasteiger charge is -2.44. The highest BCUT2D eigenvalue weighted by Gasteiger charge is 2.49. The predicted octanol–water partition coefficient (Wildman–Crippen LogP) is 1.81. The minimum absolute atomic E-state index is 0.0184. The van der Waals surface area contributed by atoms with Gasteiger partial charge in [0.25, 0.3) is 0 Å². The molecule has 0 radical (unpaired) electrons. The fourth-order valence-electron chi connectivity index (χ4n) is 3.59. The summed E-state index contributed by atoms with van der Waals surface area (Å²) in [6, 6.07) is 6.58. The minimum atomic E-state index is -3.14. The standard InChI is InChI=1S/C16H21ClN2O3S/c1-11(2)7-18-8-16(20)19(13-5-3-4-12(17)6-13)15-10-23(21,22)9-14(15)18/h3-6,11,14-15H,7-10H2,1-2H3/t14-,15-/m0/s1. The Bertz CT molecular complexity index is 720. The van der Waals surface area contributed by atoms with E-state index in [0.717, 1.165) is 6.54 Å². The van der Waals surface area contributed by atoms with Crippen molar-refractivity contribution in [3.63, 3.8) is 0 Å². The van der Waals surface area contributed by atoms with Crippen LogP contribution < -0.4 is 4.90 Å². The summed E-state index contributed by atoms with van der Waals surface area (Å²) >= 11 is 6.04. The summed E-state index contributed by atoms with van der Waals surface area (Å²) in [7, 11) is -3.14. The molecule has 0 bridgehead atoms. The zero-order valence-corrected chi connectivity index (χ0v) is 14.8. The van der Waals surface area contributed by atoms with Crippen LogP contribution in [0.5, 0.6) is 0 Å². The third-order valence-electron chi connectivity index (χ3n) is 4.39. The van der Waals surface area contributed by atoms with E-state index in [2.05, 4.69) is 13.8 Å². The van der Waals surface area contributed by atoms with Gasteiger partial charge in [-0.1, -0.05) is 31.5 Å². The molecule has 0 N–H and O–H groups in total. The lowest BCUT2D eigenvalue weighted by atomic mass is 10.0. The largest absolute Gasteiger partial charge is 0.306 e. The van der Waals surface area contributed by atoms with Gasteiger partial charge in [-0.25, -0.2) is 8.42 Å². The monoisotopic (exact) mass is 356 g/mol. The quantitative estimate of drug-likeness (QED) is 0.828. The first kappa shape index (κ1) is 16.7. The van der Waals surface area contributed by atoms with Gasteiger partial charge in [0.15, 0.2) is 9.84 Å². The molecule has 2 saturated heterocycles. The highest BCUT2D eigenvalue weighted by Crippen LogP contribution is 2.32. The van der Waals surface area contributed by atoms with Gasteiger partial charge < -0.3 is 4.90 Å². The molecule has 0 aromatic heterocycles. The molecule has 2 aliphatic heterocycles. The zero-order valence-electron chi connectivity index (χ0n) is 13.3. The minimum Gasteiger partial charge on any atom is -0.306 e. The van der Waals surface area contributed by atoms with Crippen LogP contribution in [0.25, 0.3) is 0 Å². The number of nitrogens with zero attached hydrogens (tertiary/aromatic N) is 2. The van der Waals surface area contributed by atoms with Gasteiger partial charge in [-0.05, 0) is 24.1 Å². The number of halogens is 1. The van der Waals surface area contributed by atoms with Crippen molar-refractivity contribution in [2.24, 2.45) is 5.92 Å². The van der Waals surface area contributed by atoms with E-state index in [-0.39, 0.29) is 36.0 Å². The summed E-state index contributed by atoms with van der Waals surface area (Å²) in [6.07, 6.45) is 0. The highest BCUT2D eigenvalue weighted by atomic mass is 35.5. The van der Waals surface area contributed by atoms with Crippen LogP contribution in [0.3, 0.4) is 0 Å². The van der Waals surface area contributed by atoms with Gasteiger partial charge in [-0.2, -0.15) is 0 Å². The Kier molecular flexibility index (Phi) is 4.42. The maximum atomic E-state index is 12.7. The number of amides is 1. The van der Waals surface area contributed by atoms with Crippen molar-refractivity contribution in [1.82, 2.24) is 4.90 Å². The number of sulfone groups is 1. The number of rotatable bonds is 3. The molecule has 2 aliphatic rings. The summed E-state index contributed by atoms with van der Waals surface area (Å²) < 4.78 is 24.4. The van der Waals surface area contributed by atoms with Crippen molar-refractivity contribution < 1.29 is 13.2 Å². The number of anilines is 1. The Balaban J connectivity index is 1.98. The fourth-order valence-corrected chi connectivity index (χ4v) is 5.75. The lowest BCUT2D eigenvalue weighted by Crippen LogP contribution is -2.62. The van der Waals surface area contributed by atoms with Crippen LogP contribution in [0.1, 0.15) is 13.8 Å². The van der Waals surface area contributed by atoms with E-state index in [1.165, 1.54) is 0 Å². The maximum Gasteiger partial charge on any atom is 0.241 e. The molecule has 0 saturated carbocycles. The molecule has 1 aromatic rings. The number of benzene rings is 1. The zero-order chi connectivity index (χ0) is 16.8. The SMILES string of the molecule is CC(C)CN1CC(=O)N(c2cccc(Cl)c2)[C@H]2CS(=O)(=O)C[C@@H]21. The molecular weight excluding hydrogens is 336 g/mol. The van der Waals surface area contributed by atoms with E-state index in [4.69, 9.17) is 11.6 Å². The molecule has 7 heteroatoms. The molecule has 23 heavy (non-hydrogen) atoms. The van der Waals surface area contributed by atoms with Gasteiger partial charge in [-0.15, -0.1) is 0 Å². The number of fused-ring (bicyclic) bond motifs is 1. The average molecular weight is 357 g/mol. The third-order valence-corrected chi connectivity index (χ3v) is 6.32. The maximum absolute atomic E-state index is 12.7. The average Bonchev–Trinajstić information content (AvgIpc) is 2.73. The second-order valence-electron chi connectivity index (χ2n) is 6.78. The van der Waals surface area contributed by atoms with Gasteiger partial charge in [0.1, 0.15) is 0 Å². The molecular formula is C16H21ClN2O3S. The van der Waals surface area contributed by atoms with Crippen LogP contribution >= 0.6 is 11.6 Å². The van der Waals surface area contributed by atoms with E-state index in [0.29, 0.717) is 16.6 Å². The number of hydrogen-bond acceptors (Lipinski definition) is 4. The Labute approximate surface area is 142 Å². The number of hydrogen-bond donors (Lipinski definition) is 0. The van der Waals surface area contributed by atoms with Crippen LogP contribution in [0.15, 0.2) is 24.3 Å². The van der Waals surface area contributed by atoms with Crippen molar-refractivity contribution in [1.29, 1.82) is 0 Å². The molecule has 0 aliphatic carbocycles. The first-order chi connectivity index (χ1) is 10.8. The van der Waals surface area contributed by atoms with Crippen molar-refractivity contribution in [2.75, 3.05) is 29.5 Å². The smallest absolute Gasteiger partial charge is 0.241 e. The summed E-state index contributed by atoms with van der Waals surface area (Å²) in [5.74, 6) is 0.454. The summed E-state index contributed by atoms with van der Waals surface area (Å²) in [4.78, 5) is 16.4. The number of carbonyl (C=O) groups excluding carboxylic acids is 1. The van der Waals surface area contributed by atoms with Gasteiger partial charge in [0.2, 0.25) is 5.91 Å². The molecule has 2 heterocycles. The second-order valence-corrected chi connectivity index (χ2v) is 9.37. The second kappa shape index (κ2) is 6.07. The molecule has 0 unspecified atom stereocenters.